The maximum atomic E-state index is 11.2. The first-order chi connectivity index (χ1) is 6.65. The molecule has 0 saturated heterocycles. The van der Waals surface area contributed by atoms with Gasteiger partial charge in [0.15, 0.2) is 0 Å². The maximum absolute atomic E-state index is 11.2. The van der Waals surface area contributed by atoms with Gasteiger partial charge in [-0.05, 0) is 44.6 Å². The molecule has 14 heavy (non-hydrogen) atoms. The van der Waals surface area contributed by atoms with Gasteiger partial charge in [0.2, 0.25) is 5.91 Å². The van der Waals surface area contributed by atoms with Crippen LogP contribution in [-0.2, 0) is 4.79 Å². The zero-order valence-electron chi connectivity index (χ0n) is 9.33. The Balaban J connectivity index is 2.31. The van der Waals surface area contributed by atoms with Crippen LogP contribution in [0.3, 0.4) is 0 Å². The van der Waals surface area contributed by atoms with Crippen molar-refractivity contribution in [3.63, 3.8) is 0 Å². The van der Waals surface area contributed by atoms with E-state index in [1.807, 2.05) is 11.9 Å². The van der Waals surface area contributed by atoms with Crippen LogP contribution in [0.4, 0.5) is 0 Å². The lowest BCUT2D eigenvalue weighted by molar-refractivity contribution is -0.130. The van der Waals surface area contributed by atoms with E-state index in [0.29, 0.717) is 6.04 Å². The summed E-state index contributed by atoms with van der Waals surface area (Å²) in [6.45, 7) is 2.45. The predicted octanol–water partition coefficient (Wildman–Crippen LogP) is 1.37. The number of carbonyl (C=O) groups excluding carboxylic acids is 1. The van der Waals surface area contributed by atoms with Gasteiger partial charge in [-0.2, -0.15) is 0 Å². The second-order valence-electron chi connectivity index (χ2n) is 4.38. The maximum Gasteiger partial charge on any atom is 0.219 e. The zero-order chi connectivity index (χ0) is 10.6. The lowest BCUT2D eigenvalue weighted by Crippen LogP contribution is -2.38. The van der Waals surface area contributed by atoms with E-state index in [1.54, 1.807) is 6.92 Å². The Morgan fingerprint density at radius 1 is 1.36 bits per heavy atom. The first kappa shape index (κ1) is 11.5. The molecule has 2 N–H and O–H groups in total. The van der Waals surface area contributed by atoms with Crippen LogP contribution in [0.2, 0.25) is 0 Å². The second kappa shape index (κ2) is 5.35. The summed E-state index contributed by atoms with van der Waals surface area (Å²) in [5.41, 5.74) is 5.54. The zero-order valence-corrected chi connectivity index (χ0v) is 9.33. The normalized spacial score (nSPS) is 27.4. The minimum absolute atomic E-state index is 0.187. The van der Waals surface area contributed by atoms with Crippen molar-refractivity contribution in [3.05, 3.63) is 0 Å². The van der Waals surface area contributed by atoms with E-state index in [-0.39, 0.29) is 5.91 Å². The van der Waals surface area contributed by atoms with E-state index < -0.39 is 0 Å². The van der Waals surface area contributed by atoms with Gasteiger partial charge in [-0.15, -0.1) is 0 Å². The van der Waals surface area contributed by atoms with Gasteiger partial charge in [0.25, 0.3) is 0 Å². The summed E-state index contributed by atoms with van der Waals surface area (Å²) in [4.78, 5) is 13.0. The Morgan fingerprint density at radius 3 is 2.36 bits per heavy atom. The van der Waals surface area contributed by atoms with Crippen molar-refractivity contribution in [2.24, 2.45) is 11.7 Å². The fourth-order valence-electron chi connectivity index (χ4n) is 2.31. The molecule has 0 aromatic heterocycles. The Labute approximate surface area is 86.6 Å². The van der Waals surface area contributed by atoms with Crippen LogP contribution < -0.4 is 5.73 Å². The highest BCUT2D eigenvalue weighted by Gasteiger charge is 2.24. The predicted molar refractivity (Wildman–Crippen MR) is 57.9 cm³/mol. The van der Waals surface area contributed by atoms with Crippen molar-refractivity contribution >= 4 is 5.91 Å². The van der Waals surface area contributed by atoms with E-state index in [9.17, 15) is 4.79 Å². The van der Waals surface area contributed by atoms with Gasteiger partial charge in [-0.1, -0.05) is 0 Å². The van der Waals surface area contributed by atoms with Crippen molar-refractivity contribution in [1.82, 2.24) is 4.90 Å². The summed E-state index contributed by atoms with van der Waals surface area (Å²) in [6.07, 6.45) is 5.93. The molecule has 1 fully saturated rings. The van der Waals surface area contributed by atoms with Gasteiger partial charge in [0.1, 0.15) is 0 Å². The molecule has 3 nitrogen and oxygen atoms in total. The Kier molecular flexibility index (Phi) is 4.39. The minimum atomic E-state index is 0.187. The number of carbonyl (C=O) groups is 1. The molecule has 1 amide bonds. The summed E-state index contributed by atoms with van der Waals surface area (Å²) in [5.74, 6) is 0.990. The van der Waals surface area contributed by atoms with Crippen molar-refractivity contribution in [1.29, 1.82) is 0 Å². The van der Waals surface area contributed by atoms with Crippen LogP contribution in [0, 0.1) is 5.92 Å². The highest BCUT2D eigenvalue weighted by atomic mass is 16.2. The molecule has 82 valence electrons. The van der Waals surface area contributed by atoms with E-state index >= 15 is 0 Å². The van der Waals surface area contributed by atoms with Gasteiger partial charge in [0, 0.05) is 20.0 Å². The minimum Gasteiger partial charge on any atom is -0.343 e. The monoisotopic (exact) mass is 198 g/mol. The topological polar surface area (TPSA) is 46.3 Å². The highest BCUT2D eigenvalue weighted by Crippen LogP contribution is 2.28. The van der Waals surface area contributed by atoms with Crippen molar-refractivity contribution in [2.75, 3.05) is 13.6 Å². The SMILES string of the molecule is CC(=O)N(C)C1CCC(CCN)CC1. The molecule has 1 aliphatic carbocycles. The summed E-state index contributed by atoms with van der Waals surface area (Å²) in [5, 5.41) is 0. The first-order valence-electron chi connectivity index (χ1n) is 5.58. The third-order valence-electron chi connectivity index (χ3n) is 3.44. The number of rotatable bonds is 3. The number of hydrogen-bond acceptors (Lipinski definition) is 2. The Hall–Kier alpha value is -0.570. The van der Waals surface area contributed by atoms with E-state index in [2.05, 4.69) is 0 Å². The van der Waals surface area contributed by atoms with E-state index in [4.69, 9.17) is 5.73 Å². The molecule has 1 rings (SSSR count). The Bertz CT molecular complexity index is 186. The number of nitrogens with two attached hydrogens (primary N) is 1. The summed E-state index contributed by atoms with van der Waals surface area (Å²) >= 11 is 0. The van der Waals surface area contributed by atoms with Crippen LogP contribution in [0.1, 0.15) is 39.0 Å². The standard InChI is InChI=1S/C11H22N2O/c1-9(14)13(2)11-5-3-10(4-6-11)7-8-12/h10-11H,3-8,12H2,1-2H3. The third kappa shape index (κ3) is 2.98. The molecular formula is C11H22N2O. The molecule has 0 unspecified atom stereocenters. The molecule has 0 heterocycles. The quantitative estimate of drug-likeness (QED) is 0.744. The fraction of sp³-hybridized carbons (Fsp3) is 0.909. The lowest BCUT2D eigenvalue weighted by atomic mass is 9.83. The smallest absolute Gasteiger partial charge is 0.219 e. The molecule has 0 bridgehead atoms. The van der Waals surface area contributed by atoms with Gasteiger partial charge in [0.05, 0.1) is 0 Å². The molecule has 0 aliphatic heterocycles. The van der Waals surface area contributed by atoms with Crippen molar-refractivity contribution in [3.8, 4) is 0 Å². The average Bonchev–Trinajstić information content (AvgIpc) is 2.18. The fourth-order valence-corrected chi connectivity index (χ4v) is 2.31. The molecular weight excluding hydrogens is 176 g/mol. The van der Waals surface area contributed by atoms with Crippen LogP contribution in [0.25, 0.3) is 0 Å². The van der Waals surface area contributed by atoms with E-state index in [0.717, 1.165) is 31.7 Å². The van der Waals surface area contributed by atoms with Gasteiger partial charge < -0.3 is 10.6 Å². The summed E-state index contributed by atoms with van der Waals surface area (Å²) < 4.78 is 0. The van der Waals surface area contributed by atoms with Crippen LogP contribution in [0.5, 0.6) is 0 Å². The molecule has 0 radical (unpaired) electrons. The first-order valence-corrected chi connectivity index (χ1v) is 5.58. The summed E-state index contributed by atoms with van der Waals surface area (Å²) in [6, 6.07) is 0.474. The van der Waals surface area contributed by atoms with Crippen molar-refractivity contribution < 1.29 is 4.79 Å². The number of amides is 1. The lowest BCUT2D eigenvalue weighted by Gasteiger charge is -2.34. The van der Waals surface area contributed by atoms with Crippen LogP contribution in [0.15, 0.2) is 0 Å². The van der Waals surface area contributed by atoms with Gasteiger partial charge in [-0.25, -0.2) is 0 Å². The molecule has 0 aromatic rings. The molecule has 0 atom stereocenters. The van der Waals surface area contributed by atoms with Gasteiger partial charge >= 0.3 is 0 Å². The second-order valence-corrected chi connectivity index (χ2v) is 4.38. The van der Waals surface area contributed by atoms with Gasteiger partial charge in [-0.3, -0.25) is 4.79 Å². The number of nitrogens with zero attached hydrogens (tertiary/aromatic N) is 1. The molecule has 0 spiro atoms. The third-order valence-corrected chi connectivity index (χ3v) is 3.44. The van der Waals surface area contributed by atoms with Crippen molar-refractivity contribution in [2.45, 2.75) is 45.1 Å². The largest absolute Gasteiger partial charge is 0.343 e. The molecule has 0 aromatic carbocycles. The van der Waals surface area contributed by atoms with Crippen LogP contribution >= 0.6 is 0 Å². The highest BCUT2D eigenvalue weighted by molar-refractivity contribution is 5.73. The summed E-state index contributed by atoms with van der Waals surface area (Å²) in [7, 11) is 1.91. The van der Waals surface area contributed by atoms with E-state index in [1.165, 1.54) is 12.8 Å². The Morgan fingerprint density at radius 2 is 1.93 bits per heavy atom. The molecule has 1 aliphatic rings. The number of hydrogen-bond donors (Lipinski definition) is 1. The molecule has 1 saturated carbocycles. The van der Waals surface area contributed by atoms with Crippen LogP contribution in [-0.4, -0.2) is 30.4 Å². The average molecular weight is 198 g/mol. The molecule has 3 heteroatoms.